The lowest BCUT2D eigenvalue weighted by atomic mass is 10.1. The van der Waals surface area contributed by atoms with Crippen molar-refractivity contribution < 1.29 is 9.18 Å². The Morgan fingerprint density at radius 1 is 1.64 bits per heavy atom. The average molecular weight is 218 g/mol. The first-order chi connectivity index (χ1) is 6.70. The molecule has 1 saturated heterocycles. The number of halogens is 1. The summed E-state index contributed by atoms with van der Waals surface area (Å²) < 4.78 is 12.1. The maximum Gasteiger partial charge on any atom is 0.251 e. The number of amides is 1. The zero-order valence-electron chi connectivity index (χ0n) is 8.25. The van der Waals surface area contributed by atoms with Crippen LogP contribution in [0, 0.1) is 0 Å². The minimum Gasteiger partial charge on any atom is -0.350 e. The largest absolute Gasteiger partial charge is 0.350 e. The molecule has 1 heterocycles. The van der Waals surface area contributed by atoms with Gasteiger partial charge in [0.15, 0.2) is 5.11 Å². The molecule has 1 amide bonds. The molecule has 0 aromatic rings. The number of rotatable bonds is 5. The molecule has 0 radical (unpaired) electrons. The van der Waals surface area contributed by atoms with E-state index in [2.05, 4.69) is 12.2 Å². The van der Waals surface area contributed by atoms with Gasteiger partial charge < -0.3 is 5.32 Å². The van der Waals surface area contributed by atoms with Crippen LogP contribution in [0.3, 0.4) is 0 Å². The van der Waals surface area contributed by atoms with Gasteiger partial charge in [0.2, 0.25) is 0 Å². The van der Waals surface area contributed by atoms with E-state index < -0.39 is 6.67 Å². The van der Waals surface area contributed by atoms with Crippen molar-refractivity contribution in [3.05, 3.63) is 0 Å². The molecule has 0 bridgehead atoms. The molecular formula is C9H15FN2OS. The topological polar surface area (TPSA) is 32.3 Å². The van der Waals surface area contributed by atoms with Gasteiger partial charge in [0.05, 0.1) is 6.54 Å². The fourth-order valence-corrected chi connectivity index (χ4v) is 1.80. The van der Waals surface area contributed by atoms with Crippen molar-refractivity contribution in [3.63, 3.8) is 0 Å². The molecule has 0 saturated carbocycles. The molecule has 3 nitrogen and oxygen atoms in total. The number of hydrogen-bond donors (Lipinski definition) is 1. The predicted molar refractivity (Wildman–Crippen MR) is 56.7 cm³/mol. The highest BCUT2D eigenvalue weighted by Gasteiger charge is 2.34. The van der Waals surface area contributed by atoms with Crippen LogP contribution in [-0.2, 0) is 4.79 Å². The third-order valence-electron chi connectivity index (χ3n) is 2.26. The van der Waals surface area contributed by atoms with E-state index in [1.54, 1.807) is 0 Å². The number of nitrogens with one attached hydrogen (secondary N) is 1. The number of carbonyl (C=O) groups excluding carboxylic acids is 1. The minimum atomic E-state index is -0.548. The van der Waals surface area contributed by atoms with Gasteiger partial charge in [-0.15, -0.1) is 0 Å². The van der Waals surface area contributed by atoms with E-state index in [4.69, 9.17) is 12.2 Å². The lowest BCUT2D eigenvalue weighted by Gasteiger charge is -2.11. The number of hydrogen-bond acceptors (Lipinski definition) is 2. The van der Waals surface area contributed by atoms with Crippen LogP contribution in [0.1, 0.15) is 26.2 Å². The summed E-state index contributed by atoms with van der Waals surface area (Å²) in [5.74, 6) is -0.0823. The third-order valence-corrected chi connectivity index (χ3v) is 2.60. The lowest BCUT2D eigenvalue weighted by Crippen LogP contribution is -2.33. The summed E-state index contributed by atoms with van der Waals surface area (Å²) in [7, 11) is 0. The highest BCUT2D eigenvalue weighted by atomic mass is 32.1. The number of thiocarbonyl (C=S) groups is 1. The molecule has 0 aliphatic carbocycles. The van der Waals surface area contributed by atoms with Crippen molar-refractivity contribution in [2.75, 3.05) is 13.2 Å². The van der Waals surface area contributed by atoms with Crippen LogP contribution in [0.2, 0.25) is 0 Å². The smallest absolute Gasteiger partial charge is 0.251 e. The Morgan fingerprint density at radius 3 is 2.93 bits per heavy atom. The predicted octanol–water partition coefficient (Wildman–Crippen LogP) is 1.23. The van der Waals surface area contributed by atoms with Crippen molar-refractivity contribution in [2.24, 2.45) is 0 Å². The third kappa shape index (κ3) is 2.41. The zero-order valence-corrected chi connectivity index (χ0v) is 9.07. The summed E-state index contributed by atoms with van der Waals surface area (Å²) in [6, 6.07) is -0.228. The van der Waals surface area contributed by atoms with E-state index in [-0.39, 0.29) is 18.5 Å². The summed E-state index contributed by atoms with van der Waals surface area (Å²) in [4.78, 5) is 12.9. The first-order valence-electron chi connectivity index (χ1n) is 4.88. The van der Waals surface area contributed by atoms with Crippen LogP contribution >= 0.6 is 12.2 Å². The highest BCUT2D eigenvalue weighted by Crippen LogP contribution is 2.11. The van der Waals surface area contributed by atoms with E-state index in [1.807, 2.05) is 0 Å². The molecule has 1 rings (SSSR count). The van der Waals surface area contributed by atoms with Crippen molar-refractivity contribution in [2.45, 2.75) is 32.2 Å². The van der Waals surface area contributed by atoms with Crippen molar-refractivity contribution >= 4 is 23.2 Å². The molecule has 0 aromatic carbocycles. The second-order valence-electron chi connectivity index (χ2n) is 3.32. The molecule has 1 atom stereocenters. The fourth-order valence-electron chi connectivity index (χ4n) is 1.48. The Labute approximate surface area is 88.6 Å². The molecule has 80 valence electrons. The SMILES string of the molecule is CCCC[C@@H]1NC(=S)N(CCF)C1=O. The highest BCUT2D eigenvalue weighted by molar-refractivity contribution is 7.80. The van der Waals surface area contributed by atoms with Crippen LogP contribution in [0.25, 0.3) is 0 Å². The molecule has 1 N–H and O–H groups in total. The molecule has 0 spiro atoms. The number of alkyl halides is 1. The van der Waals surface area contributed by atoms with Crippen LogP contribution in [0.5, 0.6) is 0 Å². The number of nitrogens with zero attached hydrogens (tertiary/aromatic N) is 1. The van der Waals surface area contributed by atoms with E-state index in [9.17, 15) is 9.18 Å². The first kappa shape index (κ1) is 11.4. The second kappa shape index (κ2) is 5.24. The minimum absolute atomic E-state index is 0.0767. The van der Waals surface area contributed by atoms with E-state index in [0.29, 0.717) is 5.11 Å². The van der Waals surface area contributed by atoms with Crippen LogP contribution in [0.15, 0.2) is 0 Å². The molecule has 14 heavy (non-hydrogen) atoms. The van der Waals surface area contributed by atoms with Gasteiger partial charge in [0.25, 0.3) is 5.91 Å². The van der Waals surface area contributed by atoms with Gasteiger partial charge in [0.1, 0.15) is 12.7 Å². The summed E-state index contributed by atoms with van der Waals surface area (Å²) in [6.45, 7) is 1.60. The monoisotopic (exact) mass is 218 g/mol. The normalized spacial score (nSPS) is 21.6. The fraction of sp³-hybridized carbons (Fsp3) is 0.778. The van der Waals surface area contributed by atoms with Crippen LogP contribution in [-0.4, -0.2) is 35.2 Å². The Balaban J connectivity index is 2.51. The summed E-state index contributed by atoms with van der Waals surface area (Å²) in [6.07, 6.45) is 2.80. The molecule has 1 aliphatic heterocycles. The Bertz CT molecular complexity index is 235. The standard InChI is InChI=1S/C9H15FN2OS/c1-2-3-4-7-8(13)12(6-5-10)9(14)11-7/h7H,2-6H2,1H3,(H,11,14)/t7-/m0/s1. The van der Waals surface area contributed by atoms with Gasteiger partial charge >= 0.3 is 0 Å². The molecule has 1 aliphatic rings. The zero-order chi connectivity index (χ0) is 10.6. The van der Waals surface area contributed by atoms with Gasteiger partial charge in [-0.05, 0) is 18.6 Å². The second-order valence-corrected chi connectivity index (χ2v) is 3.71. The Morgan fingerprint density at radius 2 is 2.36 bits per heavy atom. The van der Waals surface area contributed by atoms with Crippen molar-refractivity contribution in [1.82, 2.24) is 10.2 Å². The Kier molecular flexibility index (Phi) is 4.25. The maximum atomic E-state index is 12.1. The summed E-state index contributed by atoms with van der Waals surface area (Å²) in [5.41, 5.74) is 0. The molecule has 5 heteroatoms. The number of unbranched alkanes of at least 4 members (excludes halogenated alkanes) is 1. The molecular weight excluding hydrogens is 203 g/mol. The van der Waals surface area contributed by atoms with Gasteiger partial charge in [-0.1, -0.05) is 19.8 Å². The van der Waals surface area contributed by atoms with Crippen molar-refractivity contribution in [1.29, 1.82) is 0 Å². The van der Waals surface area contributed by atoms with Gasteiger partial charge in [-0.25, -0.2) is 4.39 Å². The van der Waals surface area contributed by atoms with Gasteiger partial charge in [-0.3, -0.25) is 9.69 Å². The lowest BCUT2D eigenvalue weighted by molar-refractivity contribution is -0.127. The quantitative estimate of drug-likeness (QED) is 0.704. The van der Waals surface area contributed by atoms with Crippen LogP contribution < -0.4 is 5.32 Å². The van der Waals surface area contributed by atoms with Crippen molar-refractivity contribution in [3.8, 4) is 0 Å². The average Bonchev–Trinajstić information content (AvgIpc) is 2.43. The van der Waals surface area contributed by atoms with Crippen LogP contribution in [0.4, 0.5) is 4.39 Å². The molecule has 1 fully saturated rings. The molecule has 0 aromatic heterocycles. The maximum absolute atomic E-state index is 12.1. The summed E-state index contributed by atoms with van der Waals surface area (Å²) >= 11 is 4.94. The van der Waals surface area contributed by atoms with E-state index >= 15 is 0 Å². The van der Waals surface area contributed by atoms with Gasteiger partial charge in [-0.2, -0.15) is 0 Å². The summed E-state index contributed by atoms with van der Waals surface area (Å²) in [5, 5.41) is 3.28. The van der Waals surface area contributed by atoms with E-state index in [0.717, 1.165) is 19.3 Å². The van der Waals surface area contributed by atoms with E-state index in [1.165, 1.54) is 4.90 Å². The molecule has 0 unspecified atom stereocenters. The van der Waals surface area contributed by atoms with Gasteiger partial charge in [0, 0.05) is 0 Å². The Hall–Kier alpha value is -0.710. The number of carbonyl (C=O) groups is 1. The first-order valence-corrected chi connectivity index (χ1v) is 5.29.